The highest BCUT2D eigenvalue weighted by atomic mass is 32.2. The summed E-state index contributed by atoms with van der Waals surface area (Å²) >= 11 is 1.50. The highest BCUT2D eigenvalue weighted by molar-refractivity contribution is 7.98. The first-order chi connectivity index (χ1) is 16.5. The molecule has 2 N–H and O–H groups in total. The molecule has 0 saturated carbocycles. The minimum Gasteiger partial charge on any atom is -0.467 e. The number of rotatable bonds is 9. The van der Waals surface area contributed by atoms with E-state index < -0.39 is 35.8 Å². The fourth-order valence-corrected chi connectivity index (χ4v) is 4.68. The number of benzene rings is 2. The summed E-state index contributed by atoms with van der Waals surface area (Å²) in [5.74, 6) is -1.64. The Bertz CT molecular complexity index is 1220. The van der Waals surface area contributed by atoms with Gasteiger partial charge in [-0.25, -0.2) is 4.79 Å². The van der Waals surface area contributed by atoms with Gasteiger partial charge >= 0.3 is 5.97 Å². The first-order valence-corrected chi connectivity index (χ1v) is 12.2. The Hall–Kier alpha value is -3.59. The topological polar surface area (TPSA) is 109 Å². The molecule has 0 spiro atoms. The van der Waals surface area contributed by atoms with E-state index in [2.05, 4.69) is 10.3 Å². The van der Waals surface area contributed by atoms with Crippen LogP contribution >= 0.6 is 11.8 Å². The molecule has 8 nitrogen and oxygen atoms in total. The summed E-state index contributed by atoms with van der Waals surface area (Å²) < 4.78 is 4.94. The lowest BCUT2D eigenvalue weighted by atomic mass is 10.0. The fraction of sp³-hybridized carbons (Fsp3) is 0.280. The Kier molecular flexibility index (Phi) is 7.02. The van der Waals surface area contributed by atoms with E-state index in [9.17, 15) is 19.2 Å². The third-order valence-electron chi connectivity index (χ3n) is 5.94. The highest BCUT2D eigenvalue weighted by Gasteiger charge is 2.43. The summed E-state index contributed by atoms with van der Waals surface area (Å²) in [4.78, 5) is 56.2. The number of hydrogen-bond donors (Lipinski definition) is 2. The van der Waals surface area contributed by atoms with Crippen LogP contribution in [-0.2, 0) is 20.7 Å². The number of fused-ring (bicyclic) bond motifs is 2. The molecule has 0 bridgehead atoms. The molecule has 0 radical (unpaired) electrons. The molecule has 1 aliphatic rings. The van der Waals surface area contributed by atoms with Crippen molar-refractivity contribution < 1.29 is 23.9 Å². The third-order valence-corrected chi connectivity index (χ3v) is 6.58. The number of amides is 3. The number of methoxy groups -OCH3 is 1. The van der Waals surface area contributed by atoms with Gasteiger partial charge < -0.3 is 15.0 Å². The molecule has 0 unspecified atom stereocenters. The summed E-state index contributed by atoms with van der Waals surface area (Å²) in [6, 6.07) is 12.1. The Morgan fingerprint density at radius 3 is 2.35 bits per heavy atom. The van der Waals surface area contributed by atoms with Crippen LogP contribution in [0.15, 0.2) is 54.7 Å². The van der Waals surface area contributed by atoms with Crippen molar-refractivity contribution in [2.75, 3.05) is 19.1 Å². The second-order valence-corrected chi connectivity index (χ2v) is 8.96. The number of esters is 1. The van der Waals surface area contributed by atoms with Crippen LogP contribution in [0.4, 0.5) is 0 Å². The molecule has 176 valence electrons. The molecular formula is C25H25N3O5S. The van der Waals surface area contributed by atoms with Crippen LogP contribution in [0.1, 0.15) is 32.7 Å². The number of hydrogen-bond acceptors (Lipinski definition) is 6. The van der Waals surface area contributed by atoms with Crippen LogP contribution in [0, 0.1) is 0 Å². The Morgan fingerprint density at radius 1 is 1.06 bits per heavy atom. The molecule has 0 fully saturated rings. The number of carbonyl (C=O) groups excluding carboxylic acids is 4. The molecule has 0 aliphatic carbocycles. The molecule has 3 aromatic rings. The lowest BCUT2D eigenvalue weighted by Gasteiger charge is -2.27. The Labute approximate surface area is 201 Å². The van der Waals surface area contributed by atoms with Gasteiger partial charge in [0.2, 0.25) is 5.91 Å². The largest absolute Gasteiger partial charge is 0.467 e. The highest BCUT2D eigenvalue weighted by Crippen LogP contribution is 2.26. The average molecular weight is 480 g/mol. The van der Waals surface area contributed by atoms with Crippen molar-refractivity contribution in [3.63, 3.8) is 0 Å². The summed E-state index contributed by atoms with van der Waals surface area (Å²) in [6.45, 7) is 0. The monoisotopic (exact) mass is 479 g/mol. The van der Waals surface area contributed by atoms with E-state index >= 15 is 0 Å². The number of aromatic nitrogens is 1. The lowest BCUT2D eigenvalue weighted by Crippen LogP contribution is -2.54. The van der Waals surface area contributed by atoms with Crippen molar-refractivity contribution in [3.8, 4) is 0 Å². The third kappa shape index (κ3) is 4.43. The number of aromatic amines is 1. The lowest BCUT2D eigenvalue weighted by molar-refractivity contribution is -0.145. The van der Waals surface area contributed by atoms with E-state index in [4.69, 9.17) is 4.74 Å². The van der Waals surface area contributed by atoms with Crippen LogP contribution in [0.25, 0.3) is 10.9 Å². The van der Waals surface area contributed by atoms with E-state index in [1.54, 1.807) is 30.5 Å². The van der Waals surface area contributed by atoms with Gasteiger partial charge in [0.05, 0.1) is 18.2 Å². The first kappa shape index (κ1) is 23.6. The molecule has 2 atom stereocenters. The van der Waals surface area contributed by atoms with Crippen LogP contribution in [0.2, 0.25) is 0 Å². The predicted octanol–water partition coefficient (Wildman–Crippen LogP) is 2.79. The maximum absolute atomic E-state index is 13.4. The van der Waals surface area contributed by atoms with E-state index in [1.807, 2.05) is 30.5 Å². The van der Waals surface area contributed by atoms with Gasteiger partial charge in [0.1, 0.15) is 12.1 Å². The minimum absolute atomic E-state index is 0.194. The van der Waals surface area contributed by atoms with Crippen molar-refractivity contribution in [3.05, 3.63) is 71.4 Å². The van der Waals surface area contributed by atoms with Crippen molar-refractivity contribution in [2.24, 2.45) is 0 Å². The number of ether oxygens (including phenoxy) is 1. The summed E-state index contributed by atoms with van der Waals surface area (Å²) in [7, 11) is 1.26. The number of H-pyrrole nitrogens is 1. The van der Waals surface area contributed by atoms with Gasteiger partial charge in [-0.15, -0.1) is 0 Å². The van der Waals surface area contributed by atoms with Gasteiger partial charge in [-0.05, 0) is 42.2 Å². The van der Waals surface area contributed by atoms with E-state index in [-0.39, 0.29) is 24.0 Å². The molecule has 1 aromatic heterocycles. The maximum atomic E-state index is 13.4. The Balaban J connectivity index is 1.59. The number of thioether (sulfide) groups is 1. The number of nitrogens with one attached hydrogen (secondary N) is 2. The van der Waals surface area contributed by atoms with Crippen molar-refractivity contribution in [1.82, 2.24) is 15.2 Å². The second-order valence-electron chi connectivity index (χ2n) is 7.97. The normalized spacial score (nSPS) is 14.7. The van der Waals surface area contributed by atoms with Gasteiger partial charge in [0.15, 0.2) is 0 Å². The zero-order valence-electron chi connectivity index (χ0n) is 18.9. The summed E-state index contributed by atoms with van der Waals surface area (Å²) in [5, 5.41) is 3.68. The minimum atomic E-state index is -1.05. The fourth-order valence-electron chi connectivity index (χ4n) is 4.22. The zero-order chi connectivity index (χ0) is 24.2. The standard InChI is InChI=1S/C25H25N3O5S/c1-33-25(32)20(13-15-14-26-19-10-6-5-7-16(15)19)27-22(29)21(11-12-34-2)28-23(30)17-8-3-4-9-18(17)24(28)31/h3-10,14,20-21,26H,11-13H2,1-2H3,(H,27,29)/t20-,21+/m1/s1. The second kappa shape index (κ2) is 10.1. The summed E-state index contributed by atoms with van der Waals surface area (Å²) in [5.41, 5.74) is 2.31. The van der Waals surface area contributed by atoms with Crippen LogP contribution in [0.5, 0.6) is 0 Å². The zero-order valence-corrected chi connectivity index (χ0v) is 19.7. The number of para-hydroxylation sites is 1. The smallest absolute Gasteiger partial charge is 0.328 e. The first-order valence-electron chi connectivity index (χ1n) is 10.8. The van der Waals surface area contributed by atoms with E-state index in [0.717, 1.165) is 21.4 Å². The molecule has 1 aliphatic heterocycles. The van der Waals surface area contributed by atoms with Gasteiger partial charge in [-0.1, -0.05) is 30.3 Å². The number of nitrogens with zero attached hydrogens (tertiary/aromatic N) is 1. The van der Waals surface area contributed by atoms with E-state index in [1.165, 1.54) is 18.9 Å². The van der Waals surface area contributed by atoms with Gasteiger partial charge in [0, 0.05) is 23.5 Å². The molecule has 3 amide bonds. The predicted molar refractivity (Wildman–Crippen MR) is 130 cm³/mol. The van der Waals surface area contributed by atoms with Gasteiger partial charge in [0.25, 0.3) is 11.8 Å². The Morgan fingerprint density at radius 2 is 1.71 bits per heavy atom. The maximum Gasteiger partial charge on any atom is 0.328 e. The molecular weight excluding hydrogens is 454 g/mol. The van der Waals surface area contributed by atoms with Crippen molar-refractivity contribution >= 4 is 46.4 Å². The van der Waals surface area contributed by atoms with Gasteiger partial charge in [-0.2, -0.15) is 11.8 Å². The molecule has 4 rings (SSSR count). The number of imide groups is 1. The number of carbonyl (C=O) groups is 4. The molecule has 0 saturated heterocycles. The molecule has 9 heteroatoms. The van der Waals surface area contributed by atoms with E-state index in [0.29, 0.717) is 5.75 Å². The molecule has 34 heavy (non-hydrogen) atoms. The average Bonchev–Trinajstić information content (AvgIpc) is 3.38. The molecule has 2 heterocycles. The van der Waals surface area contributed by atoms with Gasteiger partial charge in [-0.3, -0.25) is 19.3 Å². The van der Waals surface area contributed by atoms with Crippen molar-refractivity contribution in [1.29, 1.82) is 0 Å². The van der Waals surface area contributed by atoms with Crippen LogP contribution < -0.4 is 5.32 Å². The van der Waals surface area contributed by atoms with Crippen LogP contribution in [0.3, 0.4) is 0 Å². The summed E-state index contributed by atoms with van der Waals surface area (Å²) in [6.07, 6.45) is 4.13. The SMILES string of the molecule is COC(=O)[C@@H](Cc1c[nH]c2ccccc12)NC(=O)[C@H](CCSC)N1C(=O)c2ccccc2C1=O. The molecule has 2 aromatic carbocycles. The van der Waals surface area contributed by atoms with Crippen molar-refractivity contribution in [2.45, 2.75) is 24.9 Å². The quantitative estimate of drug-likeness (QED) is 0.361. The van der Waals surface area contributed by atoms with Crippen LogP contribution in [-0.4, -0.2) is 64.8 Å².